The number of halogens is 2. The van der Waals surface area contributed by atoms with Crippen LogP contribution in [0.15, 0.2) is 54.6 Å². The molecule has 0 saturated carbocycles. The van der Waals surface area contributed by atoms with Gasteiger partial charge < -0.3 is 4.57 Å². The summed E-state index contributed by atoms with van der Waals surface area (Å²) in [7, 11) is 0. The van der Waals surface area contributed by atoms with Crippen LogP contribution in [0.5, 0.6) is 0 Å². The molecule has 0 fully saturated rings. The van der Waals surface area contributed by atoms with E-state index in [0.29, 0.717) is 0 Å². The second kappa shape index (κ2) is 6.44. The van der Waals surface area contributed by atoms with Gasteiger partial charge in [-0.3, -0.25) is 0 Å². The molecule has 2 aromatic carbocycles. The van der Waals surface area contributed by atoms with E-state index in [4.69, 9.17) is 0 Å². The summed E-state index contributed by atoms with van der Waals surface area (Å²) in [4.78, 5) is 0. The predicted octanol–water partition coefficient (Wildman–Crippen LogP) is 5.62. The van der Waals surface area contributed by atoms with Crippen molar-refractivity contribution in [1.29, 1.82) is 0 Å². The van der Waals surface area contributed by atoms with E-state index in [0.717, 1.165) is 36.0 Å². The number of rotatable bonds is 5. The zero-order chi connectivity index (χ0) is 14.7. The fraction of sp³-hybridized carbons (Fsp3) is 0.222. The van der Waals surface area contributed by atoms with Crippen LogP contribution in [0, 0.1) is 5.82 Å². The van der Waals surface area contributed by atoms with Gasteiger partial charge in [0.05, 0.1) is 0 Å². The van der Waals surface area contributed by atoms with Crippen LogP contribution >= 0.6 is 15.9 Å². The molecule has 0 unspecified atom stereocenters. The monoisotopic (exact) mass is 345 g/mol. The molecule has 0 radical (unpaired) electrons. The summed E-state index contributed by atoms with van der Waals surface area (Å²) in [6, 6.07) is 17.3. The van der Waals surface area contributed by atoms with Crippen molar-refractivity contribution in [3.8, 4) is 11.3 Å². The third-order valence-corrected chi connectivity index (χ3v) is 4.28. The largest absolute Gasteiger partial charge is 0.340 e. The number of aromatic nitrogens is 1. The first-order valence-electron chi connectivity index (χ1n) is 7.20. The van der Waals surface area contributed by atoms with E-state index in [1.807, 2.05) is 12.1 Å². The predicted molar refractivity (Wildman–Crippen MR) is 90.4 cm³/mol. The van der Waals surface area contributed by atoms with Crippen molar-refractivity contribution in [1.82, 2.24) is 4.57 Å². The standard InChI is InChI=1S/C18H17BrFN/c19-11-3-4-12-21-17-6-2-1-5-15(17)13-18(21)14-7-9-16(20)10-8-14/h1-2,5-10,13H,3-4,11-12H2. The van der Waals surface area contributed by atoms with Crippen LogP contribution in [0.4, 0.5) is 4.39 Å². The van der Waals surface area contributed by atoms with Crippen molar-refractivity contribution < 1.29 is 4.39 Å². The van der Waals surface area contributed by atoms with Crippen molar-refractivity contribution >= 4 is 26.8 Å². The highest BCUT2D eigenvalue weighted by atomic mass is 79.9. The summed E-state index contributed by atoms with van der Waals surface area (Å²) < 4.78 is 15.5. The van der Waals surface area contributed by atoms with Crippen molar-refractivity contribution in [2.24, 2.45) is 0 Å². The highest BCUT2D eigenvalue weighted by Crippen LogP contribution is 2.28. The normalized spacial score (nSPS) is 11.1. The first kappa shape index (κ1) is 14.3. The van der Waals surface area contributed by atoms with Gasteiger partial charge >= 0.3 is 0 Å². The lowest BCUT2D eigenvalue weighted by Crippen LogP contribution is -2.00. The molecule has 3 aromatic rings. The second-order valence-corrected chi connectivity index (χ2v) is 5.94. The number of nitrogens with zero attached hydrogens (tertiary/aromatic N) is 1. The van der Waals surface area contributed by atoms with E-state index < -0.39 is 0 Å². The Morgan fingerprint density at radius 1 is 0.952 bits per heavy atom. The van der Waals surface area contributed by atoms with E-state index in [2.05, 4.69) is 50.8 Å². The molecular weight excluding hydrogens is 329 g/mol. The van der Waals surface area contributed by atoms with Crippen molar-refractivity contribution in [2.75, 3.05) is 5.33 Å². The van der Waals surface area contributed by atoms with Gasteiger partial charge in [0.15, 0.2) is 0 Å². The van der Waals surface area contributed by atoms with E-state index in [1.54, 1.807) is 0 Å². The molecule has 0 N–H and O–H groups in total. The van der Waals surface area contributed by atoms with Crippen LogP contribution in [-0.2, 0) is 6.54 Å². The first-order valence-corrected chi connectivity index (χ1v) is 8.32. The van der Waals surface area contributed by atoms with Gasteiger partial charge in [-0.25, -0.2) is 4.39 Å². The highest BCUT2D eigenvalue weighted by molar-refractivity contribution is 9.09. The van der Waals surface area contributed by atoms with Gasteiger partial charge in [0.2, 0.25) is 0 Å². The second-order valence-electron chi connectivity index (χ2n) is 5.14. The Morgan fingerprint density at radius 3 is 2.48 bits per heavy atom. The van der Waals surface area contributed by atoms with Gasteiger partial charge in [-0.05, 0) is 54.8 Å². The Kier molecular flexibility index (Phi) is 4.39. The van der Waals surface area contributed by atoms with E-state index in [-0.39, 0.29) is 5.82 Å². The van der Waals surface area contributed by atoms with Crippen LogP contribution in [0.1, 0.15) is 12.8 Å². The minimum Gasteiger partial charge on any atom is -0.340 e. The van der Waals surface area contributed by atoms with Gasteiger partial charge in [0, 0.05) is 28.5 Å². The number of unbranched alkanes of at least 4 members (excludes halogenated alkanes) is 1. The van der Waals surface area contributed by atoms with Crippen molar-refractivity contribution in [3.63, 3.8) is 0 Å². The summed E-state index contributed by atoms with van der Waals surface area (Å²) in [5.74, 6) is -0.194. The lowest BCUT2D eigenvalue weighted by molar-refractivity contribution is 0.627. The lowest BCUT2D eigenvalue weighted by atomic mass is 10.1. The molecule has 3 rings (SSSR count). The van der Waals surface area contributed by atoms with Gasteiger partial charge in [-0.15, -0.1) is 0 Å². The van der Waals surface area contributed by atoms with Crippen LogP contribution in [0.25, 0.3) is 22.2 Å². The highest BCUT2D eigenvalue weighted by Gasteiger charge is 2.10. The van der Waals surface area contributed by atoms with Gasteiger partial charge in [0.25, 0.3) is 0 Å². The summed E-state index contributed by atoms with van der Waals surface area (Å²) in [5, 5.41) is 2.26. The molecule has 0 aliphatic heterocycles. The number of hydrogen-bond acceptors (Lipinski definition) is 0. The molecule has 3 heteroatoms. The topological polar surface area (TPSA) is 4.93 Å². The van der Waals surface area contributed by atoms with E-state index in [9.17, 15) is 4.39 Å². The van der Waals surface area contributed by atoms with E-state index in [1.165, 1.54) is 23.0 Å². The molecule has 0 amide bonds. The number of aryl methyl sites for hydroxylation is 1. The maximum Gasteiger partial charge on any atom is 0.123 e. The first-order chi connectivity index (χ1) is 10.3. The molecule has 0 saturated heterocycles. The smallest absolute Gasteiger partial charge is 0.123 e. The lowest BCUT2D eigenvalue weighted by Gasteiger charge is -2.10. The number of benzene rings is 2. The average molecular weight is 346 g/mol. The van der Waals surface area contributed by atoms with Gasteiger partial charge in [-0.1, -0.05) is 34.1 Å². The zero-order valence-corrected chi connectivity index (χ0v) is 13.3. The molecule has 0 spiro atoms. The molecule has 0 bridgehead atoms. The number of hydrogen-bond donors (Lipinski definition) is 0. The quantitative estimate of drug-likeness (QED) is 0.417. The zero-order valence-electron chi connectivity index (χ0n) is 11.7. The fourth-order valence-corrected chi connectivity index (χ4v) is 3.07. The molecule has 0 atom stereocenters. The molecule has 1 nitrogen and oxygen atoms in total. The summed E-state index contributed by atoms with van der Waals surface area (Å²) >= 11 is 3.48. The molecular formula is C18H17BrFN. The maximum atomic E-state index is 13.1. The number of fused-ring (bicyclic) bond motifs is 1. The van der Waals surface area contributed by atoms with Crippen molar-refractivity contribution in [3.05, 3.63) is 60.4 Å². The average Bonchev–Trinajstić information content (AvgIpc) is 2.87. The Balaban J connectivity index is 2.07. The molecule has 1 heterocycles. The van der Waals surface area contributed by atoms with E-state index >= 15 is 0 Å². The van der Waals surface area contributed by atoms with Crippen LogP contribution in [-0.4, -0.2) is 9.90 Å². The molecule has 0 aliphatic carbocycles. The van der Waals surface area contributed by atoms with Crippen molar-refractivity contribution in [2.45, 2.75) is 19.4 Å². The minimum atomic E-state index is -0.194. The third kappa shape index (κ3) is 3.03. The van der Waals surface area contributed by atoms with Crippen LogP contribution in [0.3, 0.4) is 0 Å². The molecule has 1 aromatic heterocycles. The third-order valence-electron chi connectivity index (χ3n) is 3.72. The Bertz CT molecular complexity index is 731. The summed E-state index contributed by atoms with van der Waals surface area (Å²) in [6.07, 6.45) is 2.27. The maximum absolute atomic E-state index is 13.1. The van der Waals surface area contributed by atoms with Crippen LogP contribution in [0.2, 0.25) is 0 Å². The Hall–Kier alpha value is -1.61. The minimum absolute atomic E-state index is 0.194. The number of alkyl halides is 1. The summed E-state index contributed by atoms with van der Waals surface area (Å²) in [5.41, 5.74) is 3.46. The molecule has 108 valence electrons. The van der Waals surface area contributed by atoms with Gasteiger partial charge in [-0.2, -0.15) is 0 Å². The summed E-state index contributed by atoms with van der Waals surface area (Å²) in [6.45, 7) is 0.978. The molecule has 21 heavy (non-hydrogen) atoms. The Morgan fingerprint density at radius 2 is 1.71 bits per heavy atom. The Labute approximate surface area is 132 Å². The molecule has 0 aliphatic rings. The number of para-hydroxylation sites is 1. The van der Waals surface area contributed by atoms with Gasteiger partial charge in [0.1, 0.15) is 5.82 Å². The van der Waals surface area contributed by atoms with Crippen LogP contribution < -0.4 is 0 Å². The SMILES string of the molecule is Fc1ccc(-c2cc3ccccc3n2CCCCBr)cc1. The fourth-order valence-electron chi connectivity index (χ4n) is 2.68.